The van der Waals surface area contributed by atoms with Crippen LogP contribution in [-0.4, -0.2) is 67.3 Å². The van der Waals surface area contributed by atoms with Gasteiger partial charge in [0.05, 0.1) is 21.3 Å². The quantitative estimate of drug-likeness (QED) is 0.146. The van der Waals surface area contributed by atoms with E-state index in [0.717, 1.165) is 0 Å². The Morgan fingerprint density at radius 1 is 0.878 bits per heavy atom. The Labute approximate surface area is 239 Å². The van der Waals surface area contributed by atoms with Crippen LogP contribution in [0.5, 0.6) is 0 Å². The lowest BCUT2D eigenvalue weighted by Gasteiger charge is -2.41. The van der Waals surface area contributed by atoms with E-state index in [1.165, 1.54) is 48.5 Å². The molecule has 4 rings (SSSR count). The van der Waals surface area contributed by atoms with Crippen molar-refractivity contribution in [3.05, 3.63) is 83.9 Å². The number of sulfonamides is 2. The summed E-state index contributed by atoms with van der Waals surface area (Å²) in [5, 5.41) is 18.8. The number of urea groups is 1. The highest BCUT2D eigenvalue weighted by Gasteiger charge is 2.24. The van der Waals surface area contributed by atoms with Crippen LogP contribution in [0.3, 0.4) is 0 Å². The summed E-state index contributed by atoms with van der Waals surface area (Å²) in [5.74, 6) is 0.640. The molecule has 1 aliphatic heterocycles. The number of rotatable bonds is 8. The zero-order valence-corrected chi connectivity index (χ0v) is 24.1. The van der Waals surface area contributed by atoms with Crippen molar-refractivity contribution in [2.24, 2.45) is 5.14 Å². The number of nitrogens with two attached hydrogens (primary N) is 1. The number of nitrogens with one attached hydrogen (secondary N) is 4. The van der Waals surface area contributed by atoms with Crippen LogP contribution in [0.4, 0.5) is 16.2 Å². The van der Waals surface area contributed by atoms with Crippen molar-refractivity contribution in [1.29, 1.82) is 5.41 Å². The molecule has 0 radical (unpaired) electrons. The molecule has 13 nitrogen and oxygen atoms in total. The van der Waals surface area contributed by atoms with Crippen LogP contribution in [0, 0.1) is 5.41 Å². The highest BCUT2D eigenvalue weighted by molar-refractivity contribution is 8.24. The van der Waals surface area contributed by atoms with Crippen molar-refractivity contribution >= 4 is 53.9 Å². The molecule has 2 amide bonds. The molecular formula is C25H30N6O7S3. The van der Waals surface area contributed by atoms with E-state index in [1.54, 1.807) is 29.2 Å². The Morgan fingerprint density at radius 3 is 2.07 bits per heavy atom. The lowest BCUT2D eigenvalue weighted by atomic mass is 10.1. The van der Waals surface area contributed by atoms with E-state index in [2.05, 4.69) is 15.4 Å². The maximum absolute atomic E-state index is 12.7. The summed E-state index contributed by atoms with van der Waals surface area (Å²) < 4.78 is 70.1. The molecule has 0 unspecified atom stereocenters. The van der Waals surface area contributed by atoms with Gasteiger partial charge >= 0.3 is 6.03 Å². The van der Waals surface area contributed by atoms with Crippen molar-refractivity contribution < 1.29 is 30.7 Å². The minimum Gasteiger partial charge on any atom is -0.353 e. The molecule has 8 N–H and O–H groups in total. The van der Waals surface area contributed by atoms with E-state index < -0.39 is 36.7 Å². The fraction of sp³-hybridized carbons (Fsp3) is 0.200. The van der Waals surface area contributed by atoms with E-state index in [9.17, 15) is 30.7 Å². The van der Waals surface area contributed by atoms with Crippen LogP contribution >= 0.6 is 10.6 Å². The highest BCUT2D eigenvalue weighted by Crippen LogP contribution is 2.40. The number of hydrogen-bond acceptors (Lipinski definition) is 8. The van der Waals surface area contributed by atoms with E-state index in [-0.39, 0.29) is 33.7 Å². The summed E-state index contributed by atoms with van der Waals surface area (Å²) in [5.41, 5.74) is 1.87. The van der Waals surface area contributed by atoms with Gasteiger partial charge < -0.3 is 15.5 Å². The van der Waals surface area contributed by atoms with Crippen molar-refractivity contribution in [2.45, 2.75) is 16.3 Å². The van der Waals surface area contributed by atoms with Gasteiger partial charge in [-0.2, -0.15) is 10.6 Å². The second-order valence-corrected chi connectivity index (χ2v) is 15.0. The molecule has 0 spiro atoms. The minimum absolute atomic E-state index is 0.0326. The number of hydrogen-bond donors (Lipinski definition) is 7. The Balaban J connectivity index is 1.32. The molecular weight excluding hydrogens is 593 g/mol. The zero-order chi connectivity index (χ0) is 29.8. The molecule has 220 valence electrons. The number of amides is 2. The molecule has 0 aromatic heterocycles. The predicted octanol–water partition coefficient (Wildman–Crippen LogP) is 2.85. The SMILES string of the molecule is N=C(c1cccc(NC(=O)Nc2ccc(S(=O)(=O)NCc3ccc(S(N)(=O)=O)cc3)cc2)c1)N1CCS(O)(O)CC1. The first-order valence-corrected chi connectivity index (χ1v) is 17.1. The molecule has 1 heterocycles. The van der Waals surface area contributed by atoms with Crippen molar-refractivity contribution in [3.8, 4) is 0 Å². The molecule has 1 aliphatic rings. The third-order valence-electron chi connectivity index (χ3n) is 6.23. The van der Waals surface area contributed by atoms with Crippen molar-refractivity contribution in [3.63, 3.8) is 0 Å². The smallest absolute Gasteiger partial charge is 0.323 e. The standard InChI is InChI=1S/C25H30N6O7S3/c26-24(31-12-14-39(33,34)15-13-31)19-2-1-3-21(16-19)30-25(32)29-20-6-10-23(11-7-20)41(37,38)28-17-18-4-8-22(9-5-18)40(27,35)36/h1-11,16,26,28,33-34H,12-15,17H2,(H2,27,35,36)(H2,29,30,32). The second-order valence-electron chi connectivity index (χ2n) is 9.24. The molecule has 0 bridgehead atoms. The number of benzene rings is 3. The van der Waals surface area contributed by atoms with Gasteiger partial charge in [0.2, 0.25) is 20.0 Å². The summed E-state index contributed by atoms with van der Waals surface area (Å²) >= 11 is 0. The molecule has 3 aromatic carbocycles. The molecule has 1 fully saturated rings. The molecule has 0 aliphatic carbocycles. The fourth-order valence-electron chi connectivity index (χ4n) is 3.95. The van der Waals surface area contributed by atoms with Gasteiger partial charge in [0.15, 0.2) is 0 Å². The normalized spacial score (nSPS) is 16.0. The molecule has 0 saturated carbocycles. The second kappa shape index (κ2) is 12.2. The Bertz CT molecular complexity index is 1640. The van der Waals surface area contributed by atoms with Gasteiger partial charge in [-0.25, -0.2) is 31.5 Å². The number of primary sulfonamides is 1. The summed E-state index contributed by atoms with van der Waals surface area (Å²) in [4.78, 5) is 14.2. The molecule has 0 atom stereocenters. The Kier molecular flexibility index (Phi) is 9.03. The molecule has 41 heavy (non-hydrogen) atoms. The Hall–Kier alpha value is -3.51. The molecule has 1 saturated heterocycles. The van der Waals surface area contributed by atoms with Gasteiger partial charge in [0.1, 0.15) is 5.84 Å². The number of nitrogens with zero attached hydrogens (tertiary/aromatic N) is 1. The van der Waals surface area contributed by atoms with Crippen LogP contribution in [-0.2, 0) is 26.6 Å². The number of carbonyl (C=O) groups is 1. The monoisotopic (exact) mass is 622 g/mol. The fourth-order valence-corrected chi connectivity index (χ4v) is 6.71. The highest BCUT2D eigenvalue weighted by atomic mass is 32.3. The van der Waals surface area contributed by atoms with Crippen LogP contribution < -0.4 is 20.5 Å². The van der Waals surface area contributed by atoms with E-state index in [4.69, 9.17) is 10.5 Å². The van der Waals surface area contributed by atoms with E-state index in [0.29, 0.717) is 35.6 Å². The van der Waals surface area contributed by atoms with Crippen LogP contribution in [0.15, 0.2) is 82.6 Å². The van der Waals surface area contributed by atoms with Crippen LogP contribution in [0.2, 0.25) is 0 Å². The predicted molar refractivity (Wildman–Crippen MR) is 158 cm³/mol. The average Bonchev–Trinajstić information content (AvgIpc) is 2.92. The van der Waals surface area contributed by atoms with E-state index in [1.807, 2.05) is 0 Å². The summed E-state index contributed by atoms with van der Waals surface area (Å²) in [6.45, 7) is 0.637. The summed E-state index contributed by atoms with van der Waals surface area (Å²) in [6.07, 6.45) is 0. The van der Waals surface area contributed by atoms with E-state index >= 15 is 0 Å². The number of carbonyl (C=O) groups excluding carboxylic acids is 1. The number of amidine groups is 1. The van der Waals surface area contributed by atoms with Gasteiger partial charge in [-0.3, -0.25) is 14.5 Å². The maximum Gasteiger partial charge on any atom is 0.323 e. The Morgan fingerprint density at radius 2 is 1.46 bits per heavy atom. The van der Waals surface area contributed by atoms with Gasteiger partial charge in [-0.1, -0.05) is 24.3 Å². The lowest BCUT2D eigenvalue weighted by molar-refractivity contribution is 0.262. The first kappa shape index (κ1) is 30.4. The summed E-state index contributed by atoms with van der Waals surface area (Å²) in [6, 6.07) is 17.2. The molecule has 16 heteroatoms. The topological polar surface area (TPSA) is 215 Å². The average molecular weight is 623 g/mol. The van der Waals surface area contributed by atoms with Gasteiger partial charge in [-0.15, -0.1) is 0 Å². The maximum atomic E-state index is 12.7. The zero-order valence-electron chi connectivity index (χ0n) is 21.6. The third kappa shape index (κ3) is 8.26. The van der Waals surface area contributed by atoms with Crippen LogP contribution in [0.1, 0.15) is 11.1 Å². The van der Waals surface area contributed by atoms with Crippen molar-refractivity contribution in [1.82, 2.24) is 9.62 Å². The largest absolute Gasteiger partial charge is 0.353 e. The van der Waals surface area contributed by atoms with Gasteiger partial charge in [-0.05, 0) is 54.1 Å². The number of anilines is 2. The first-order chi connectivity index (χ1) is 19.2. The van der Waals surface area contributed by atoms with Gasteiger partial charge in [0, 0.05) is 36.6 Å². The minimum atomic E-state index is -3.89. The summed E-state index contributed by atoms with van der Waals surface area (Å²) in [7, 11) is -10.3. The third-order valence-corrected chi connectivity index (χ3v) is 10.2. The van der Waals surface area contributed by atoms with Gasteiger partial charge in [0.25, 0.3) is 0 Å². The van der Waals surface area contributed by atoms with Crippen LogP contribution in [0.25, 0.3) is 0 Å². The molecule has 3 aromatic rings. The van der Waals surface area contributed by atoms with Crippen molar-refractivity contribution in [2.75, 3.05) is 35.2 Å². The first-order valence-electron chi connectivity index (χ1n) is 12.2. The lowest BCUT2D eigenvalue weighted by Crippen LogP contribution is -2.42.